The van der Waals surface area contributed by atoms with Crippen LogP contribution in [0.5, 0.6) is 0 Å². The molecule has 0 radical (unpaired) electrons. The number of rotatable bonds is 3. The molecule has 3 rings (SSSR count). The van der Waals surface area contributed by atoms with Gasteiger partial charge in [0.25, 0.3) is 0 Å². The van der Waals surface area contributed by atoms with Crippen LogP contribution in [0, 0.1) is 0 Å². The van der Waals surface area contributed by atoms with Crippen molar-refractivity contribution in [1.29, 1.82) is 0 Å². The molecule has 3 unspecified atom stereocenters. The van der Waals surface area contributed by atoms with E-state index in [1.54, 1.807) is 0 Å². The van der Waals surface area contributed by atoms with E-state index in [9.17, 15) is 4.80 Å². The van der Waals surface area contributed by atoms with E-state index in [-0.39, 0.29) is 0 Å². The Morgan fingerprint density at radius 3 is 2.11 bits per heavy atom. The minimum absolute atomic E-state index is 0.474. The van der Waals surface area contributed by atoms with Gasteiger partial charge >= 0.3 is 0 Å². The molecule has 1 aliphatic rings. The summed E-state index contributed by atoms with van der Waals surface area (Å²) in [6, 6.07) is 20.8. The summed E-state index contributed by atoms with van der Waals surface area (Å²) in [5.41, 5.74) is 1.86. The molecule has 2 aromatic carbocycles. The summed E-state index contributed by atoms with van der Waals surface area (Å²) in [5, 5.41) is 1.16. The molecular weight excluding hydrogens is 236 g/mol. The van der Waals surface area contributed by atoms with Crippen LogP contribution >= 0.6 is 0 Å². The van der Waals surface area contributed by atoms with Gasteiger partial charge in [0, 0.05) is 0 Å². The van der Waals surface area contributed by atoms with Crippen LogP contribution in [0.1, 0.15) is 17.9 Å². The Kier molecular flexibility index (Phi) is 2.84. The van der Waals surface area contributed by atoms with Gasteiger partial charge < -0.3 is 4.80 Å². The fourth-order valence-electron chi connectivity index (χ4n) is 2.87. The molecule has 1 nitrogen and oxygen atoms in total. The van der Waals surface area contributed by atoms with Crippen LogP contribution in [0.2, 0.25) is 12.1 Å². The van der Waals surface area contributed by atoms with Crippen molar-refractivity contribution in [3.63, 3.8) is 0 Å². The summed E-state index contributed by atoms with van der Waals surface area (Å²) in [4.78, 5) is 10.9. The highest BCUT2D eigenvalue weighted by Crippen LogP contribution is 2.57. The molecule has 18 heavy (non-hydrogen) atoms. The first-order valence-electron chi connectivity index (χ1n) is 6.52. The van der Waals surface area contributed by atoms with E-state index in [0.29, 0.717) is 11.5 Å². The molecular formula is C16H18OSi. The van der Waals surface area contributed by atoms with Crippen LogP contribution in [0.15, 0.2) is 60.7 Å². The lowest BCUT2D eigenvalue weighted by molar-refractivity contribution is 0.553. The molecule has 1 aliphatic carbocycles. The number of benzene rings is 2. The van der Waals surface area contributed by atoms with Gasteiger partial charge in [0.2, 0.25) is 8.32 Å². The first-order chi connectivity index (χ1) is 8.69. The van der Waals surface area contributed by atoms with Gasteiger partial charge in [-0.15, -0.1) is 0 Å². The third kappa shape index (κ3) is 2.02. The van der Waals surface area contributed by atoms with Crippen molar-refractivity contribution in [3.05, 3.63) is 66.2 Å². The summed E-state index contributed by atoms with van der Waals surface area (Å²) >= 11 is 0. The Hall–Kier alpha value is -1.38. The van der Waals surface area contributed by atoms with Crippen molar-refractivity contribution in [2.24, 2.45) is 0 Å². The zero-order valence-corrected chi connectivity index (χ0v) is 11.6. The highest BCUT2D eigenvalue weighted by Gasteiger charge is 2.52. The van der Waals surface area contributed by atoms with Gasteiger partial charge in [0.1, 0.15) is 0 Å². The van der Waals surface area contributed by atoms with E-state index in [2.05, 4.69) is 42.9 Å². The Bertz CT molecular complexity index is 521. The summed E-state index contributed by atoms with van der Waals surface area (Å²) in [5.74, 6) is 0.563. The van der Waals surface area contributed by atoms with E-state index >= 15 is 0 Å². The largest absolute Gasteiger partial charge is 0.427 e. The monoisotopic (exact) mass is 254 g/mol. The van der Waals surface area contributed by atoms with E-state index in [1.165, 1.54) is 5.56 Å². The van der Waals surface area contributed by atoms with E-state index < -0.39 is 8.32 Å². The molecule has 0 heterocycles. The molecule has 0 aliphatic heterocycles. The quantitative estimate of drug-likeness (QED) is 0.835. The SMILES string of the molecule is C[Si](O)(c1ccccc1)C1CC1c1ccccc1. The van der Waals surface area contributed by atoms with Gasteiger partial charge in [-0.2, -0.15) is 0 Å². The Balaban J connectivity index is 1.82. The minimum Gasteiger partial charge on any atom is -0.427 e. The van der Waals surface area contributed by atoms with Crippen LogP contribution < -0.4 is 5.19 Å². The van der Waals surface area contributed by atoms with Crippen molar-refractivity contribution in [2.45, 2.75) is 24.4 Å². The molecule has 92 valence electrons. The van der Waals surface area contributed by atoms with Crippen molar-refractivity contribution in [3.8, 4) is 0 Å². The molecule has 1 saturated carbocycles. The molecule has 2 heteroatoms. The molecule has 0 spiro atoms. The molecule has 0 aromatic heterocycles. The van der Waals surface area contributed by atoms with Crippen molar-refractivity contribution >= 4 is 13.5 Å². The molecule has 3 atom stereocenters. The van der Waals surface area contributed by atoms with Crippen molar-refractivity contribution in [1.82, 2.24) is 0 Å². The van der Waals surface area contributed by atoms with E-state index in [4.69, 9.17) is 0 Å². The topological polar surface area (TPSA) is 20.2 Å². The molecule has 0 saturated heterocycles. The number of hydrogen-bond acceptors (Lipinski definition) is 1. The average molecular weight is 254 g/mol. The highest BCUT2D eigenvalue weighted by atomic mass is 28.4. The van der Waals surface area contributed by atoms with Crippen LogP contribution in [0.3, 0.4) is 0 Å². The Morgan fingerprint density at radius 2 is 1.50 bits per heavy atom. The maximum atomic E-state index is 10.9. The van der Waals surface area contributed by atoms with Gasteiger partial charge in [-0.25, -0.2) is 0 Å². The normalized spacial score (nSPS) is 25.4. The zero-order chi connectivity index (χ0) is 12.6. The summed E-state index contributed by atoms with van der Waals surface area (Å²) < 4.78 is 0. The average Bonchev–Trinajstić information content (AvgIpc) is 3.22. The lowest BCUT2D eigenvalue weighted by atomic mass is 10.1. The first-order valence-corrected chi connectivity index (χ1v) is 9.05. The Morgan fingerprint density at radius 1 is 0.944 bits per heavy atom. The Labute approximate surface area is 109 Å². The molecule has 1 fully saturated rings. The molecule has 1 N–H and O–H groups in total. The third-order valence-electron chi connectivity index (χ3n) is 4.10. The van der Waals surface area contributed by atoms with Gasteiger partial charge in [-0.1, -0.05) is 60.7 Å². The summed E-state index contributed by atoms with van der Waals surface area (Å²) in [6.45, 7) is 2.08. The van der Waals surface area contributed by atoms with E-state index in [0.717, 1.165) is 11.6 Å². The molecule has 0 bridgehead atoms. The summed E-state index contributed by atoms with van der Waals surface area (Å²) in [7, 11) is -2.29. The third-order valence-corrected chi connectivity index (χ3v) is 7.68. The predicted octanol–water partition coefficient (Wildman–Crippen LogP) is 3.02. The first kappa shape index (κ1) is 11.7. The lowest BCUT2D eigenvalue weighted by Gasteiger charge is -2.21. The van der Waals surface area contributed by atoms with Gasteiger partial charge in [-0.3, -0.25) is 0 Å². The number of hydrogen-bond donors (Lipinski definition) is 1. The second kappa shape index (κ2) is 4.37. The van der Waals surface area contributed by atoms with Crippen LogP contribution in [-0.4, -0.2) is 13.1 Å². The van der Waals surface area contributed by atoms with Crippen molar-refractivity contribution in [2.75, 3.05) is 0 Å². The molecule has 0 amide bonds. The van der Waals surface area contributed by atoms with Gasteiger partial charge in [0.15, 0.2) is 0 Å². The maximum Gasteiger partial charge on any atom is 0.220 e. The van der Waals surface area contributed by atoms with Crippen LogP contribution in [0.25, 0.3) is 0 Å². The highest BCUT2D eigenvalue weighted by molar-refractivity contribution is 6.86. The fraction of sp³-hybridized carbons (Fsp3) is 0.250. The standard InChI is InChI=1S/C16H18OSi/c1-18(17,14-10-6-3-7-11-14)16-12-15(16)13-8-4-2-5-9-13/h2-11,15-17H,12H2,1H3. The minimum atomic E-state index is -2.29. The smallest absolute Gasteiger partial charge is 0.220 e. The van der Waals surface area contributed by atoms with Crippen LogP contribution in [0.4, 0.5) is 0 Å². The van der Waals surface area contributed by atoms with Crippen molar-refractivity contribution < 1.29 is 4.80 Å². The van der Waals surface area contributed by atoms with Crippen LogP contribution in [-0.2, 0) is 0 Å². The second-order valence-electron chi connectivity index (χ2n) is 5.37. The maximum absolute atomic E-state index is 10.9. The van der Waals surface area contributed by atoms with Gasteiger partial charge in [0.05, 0.1) is 0 Å². The van der Waals surface area contributed by atoms with E-state index in [1.807, 2.05) is 24.3 Å². The molecule has 2 aromatic rings. The second-order valence-corrected chi connectivity index (χ2v) is 8.99. The summed E-state index contributed by atoms with van der Waals surface area (Å²) in [6.07, 6.45) is 1.14. The predicted molar refractivity (Wildman–Crippen MR) is 77.5 cm³/mol. The lowest BCUT2D eigenvalue weighted by Crippen LogP contribution is -2.45. The zero-order valence-electron chi connectivity index (χ0n) is 10.6. The van der Waals surface area contributed by atoms with Gasteiger partial charge in [-0.05, 0) is 35.2 Å². The fourth-order valence-corrected chi connectivity index (χ4v) is 5.86.